The first kappa shape index (κ1) is 22.0. The number of aliphatic hydroxyl groups is 2. The third-order valence-electron chi connectivity index (χ3n) is 5.10. The number of benzene rings is 3. The number of aliphatic hydroxyl groups excluding tert-OH is 2. The molecule has 1 fully saturated rings. The van der Waals surface area contributed by atoms with Crippen molar-refractivity contribution in [2.45, 2.75) is 36.1 Å². The maximum absolute atomic E-state index is 10.1. The first-order valence-electron chi connectivity index (χ1n) is 10.3. The molecule has 1 aliphatic rings. The number of hydrogen-bond acceptors (Lipinski definition) is 5. The Bertz CT molecular complexity index is 998. The van der Waals surface area contributed by atoms with E-state index in [4.69, 9.17) is 21.1 Å². The molecule has 1 saturated heterocycles. The second-order valence-corrected chi connectivity index (χ2v) is 9.51. The van der Waals surface area contributed by atoms with Gasteiger partial charge in [-0.1, -0.05) is 41.9 Å². The van der Waals surface area contributed by atoms with Crippen molar-refractivity contribution in [1.82, 2.24) is 0 Å². The summed E-state index contributed by atoms with van der Waals surface area (Å²) in [6, 6.07) is 23.2. The minimum absolute atomic E-state index is 0.0173. The number of thioether (sulfide) groups is 1. The van der Waals surface area contributed by atoms with Crippen molar-refractivity contribution >= 4 is 23.4 Å². The lowest BCUT2D eigenvalue weighted by Crippen LogP contribution is -2.33. The lowest BCUT2D eigenvalue weighted by molar-refractivity contribution is 0.104. The molecule has 0 amide bonds. The maximum Gasteiger partial charge on any atom is 0.147 e. The highest BCUT2D eigenvalue weighted by Crippen LogP contribution is 2.36. The van der Waals surface area contributed by atoms with Crippen LogP contribution >= 0.6 is 23.4 Å². The summed E-state index contributed by atoms with van der Waals surface area (Å²) in [5.41, 5.74) is 1.82. The van der Waals surface area contributed by atoms with Gasteiger partial charge in [0, 0.05) is 28.7 Å². The summed E-state index contributed by atoms with van der Waals surface area (Å²) in [6.45, 7) is 0.0310. The van der Waals surface area contributed by atoms with E-state index in [9.17, 15) is 10.2 Å². The van der Waals surface area contributed by atoms with E-state index < -0.39 is 6.10 Å². The predicted molar refractivity (Wildman–Crippen MR) is 125 cm³/mol. The van der Waals surface area contributed by atoms with Gasteiger partial charge in [-0.05, 0) is 54.4 Å². The topological polar surface area (TPSA) is 58.9 Å². The second-order valence-electron chi connectivity index (χ2n) is 7.60. The molecule has 0 spiro atoms. The van der Waals surface area contributed by atoms with Gasteiger partial charge in [0.25, 0.3) is 0 Å². The fraction of sp³-hybridized carbons (Fsp3) is 0.280. The van der Waals surface area contributed by atoms with Crippen LogP contribution in [0.4, 0.5) is 0 Å². The van der Waals surface area contributed by atoms with Gasteiger partial charge >= 0.3 is 0 Å². The molecule has 0 bridgehead atoms. The molecule has 4 nitrogen and oxygen atoms in total. The number of hydrogen-bond donors (Lipinski definition) is 2. The molecule has 1 aliphatic heterocycles. The third-order valence-corrected chi connectivity index (χ3v) is 6.65. The van der Waals surface area contributed by atoms with Gasteiger partial charge in [-0.15, -0.1) is 11.8 Å². The summed E-state index contributed by atoms with van der Waals surface area (Å²) in [5, 5.41) is 20.2. The highest BCUT2D eigenvalue weighted by Gasteiger charge is 2.29. The van der Waals surface area contributed by atoms with Gasteiger partial charge in [-0.3, -0.25) is 0 Å². The molecule has 162 valence electrons. The molecule has 3 aromatic rings. The Hall–Kier alpha value is -2.18. The van der Waals surface area contributed by atoms with Crippen molar-refractivity contribution in [3.63, 3.8) is 0 Å². The van der Waals surface area contributed by atoms with Gasteiger partial charge in [-0.2, -0.15) is 0 Å². The van der Waals surface area contributed by atoms with E-state index in [0.29, 0.717) is 24.3 Å². The zero-order valence-corrected chi connectivity index (χ0v) is 18.6. The van der Waals surface area contributed by atoms with Gasteiger partial charge in [0.2, 0.25) is 0 Å². The van der Waals surface area contributed by atoms with Crippen molar-refractivity contribution in [3.8, 4) is 17.2 Å². The Morgan fingerprint density at radius 3 is 2.55 bits per heavy atom. The van der Waals surface area contributed by atoms with Gasteiger partial charge in [-0.25, -0.2) is 0 Å². The molecule has 0 radical (unpaired) electrons. The first-order valence-corrected chi connectivity index (χ1v) is 11.6. The van der Waals surface area contributed by atoms with Gasteiger partial charge in [0.1, 0.15) is 22.7 Å². The van der Waals surface area contributed by atoms with Crippen LogP contribution in [-0.4, -0.2) is 33.6 Å². The normalized spacial score (nSPS) is 20.9. The van der Waals surface area contributed by atoms with Crippen LogP contribution in [0.3, 0.4) is 0 Å². The number of rotatable bonds is 7. The Kier molecular flexibility index (Phi) is 7.41. The molecular weight excluding hydrogens is 432 g/mol. The van der Waals surface area contributed by atoms with Crippen molar-refractivity contribution in [1.29, 1.82) is 0 Å². The average molecular weight is 457 g/mol. The Morgan fingerprint density at radius 2 is 1.74 bits per heavy atom. The Balaban J connectivity index is 1.51. The third kappa shape index (κ3) is 6.17. The molecule has 2 N–H and O–H groups in total. The van der Waals surface area contributed by atoms with E-state index in [1.54, 1.807) is 11.8 Å². The lowest BCUT2D eigenvalue weighted by atomic mass is 10.0. The monoisotopic (exact) mass is 456 g/mol. The predicted octanol–water partition coefficient (Wildman–Crippen LogP) is 5.68. The largest absolute Gasteiger partial charge is 0.479 e. The van der Waals surface area contributed by atoms with Crippen LogP contribution in [0.2, 0.25) is 5.02 Å². The number of ether oxygens (including phenoxy) is 2. The Morgan fingerprint density at radius 1 is 0.935 bits per heavy atom. The van der Waals surface area contributed by atoms with Crippen molar-refractivity contribution in [2.24, 2.45) is 0 Å². The van der Waals surface area contributed by atoms with E-state index in [1.165, 1.54) is 0 Å². The van der Waals surface area contributed by atoms with E-state index in [2.05, 4.69) is 0 Å². The summed E-state index contributed by atoms with van der Waals surface area (Å²) in [7, 11) is 0. The quantitative estimate of drug-likeness (QED) is 0.479. The van der Waals surface area contributed by atoms with Crippen LogP contribution in [0.25, 0.3) is 0 Å². The van der Waals surface area contributed by atoms with E-state index in [0.717, 1.165) is 28.4 Å². The van der Waals surface area contributed by atoms with Crippen LogP contribution in [0.15, 0.2) is 72.8 Å². The fourth-order valence-electron chi connectivity index (χ4n) is 3.65. The minimum Gasteiger partial charge on any atom is -0.479 e. The summed E-state index contributed by atoms with van der Waals surface area (Å²) < 4.78 is 12.2. The second kappa shape index (κ2) is 10.4. The zero-order valence-electron chi connectivity index (χ0n) is 17.0. The summed E-state index contributed by atoms with van der Waals surface area (Å²) >= 11 is 7.84. The van der Waals surface area contributed by atoms with Crippen LogP contribution in [0.5, 0.6) is 17.2 Å². The summed E-state index contributed by atoms with van der Waals surface area (Å²) in [6.07, 6.45) is 1.28. The highest BCUT2D eigenvalue weighted by atomic mass is 35.5. The van der Waals surface area contributed by atoms with Crippen molar-refractivity contribution in [2.75, 3.05) is 6.61 Å². The van der Waals surface area contributed by atoms with Crippen LogP contribution in [0, 0.1) is 0 Å². The van der Waals surface area contributed by atoms with E-state index in [-0.39, 0.29) is 17.3 Å². The van der Waals surface area contributed by atoms with Gasteiger partial charge < -0.3 is 19.7 Å². The van der Waals surface area contributed by atoms with Crippen LogP contribution in [-0.2, 0) is 6.42 Å². The molecular formula is C25H25ClO4S. The van der Waals surface area contributed by atoms with Gasteiger partial charge in [0.15, 0.2) is 0 Å². The smallest absolute Gasteiger partial charge is 0.147 e. The molecule has 0 saturated carbocycles. The first-order chi connectivity index (χ1) is 15.1. The molecule has 0 aromatic heterocycles. The summed E-state index contributed by atoms with van der Waals surface area (Å²) in [4.78, 5) is 0. The van der Waals surface area contributed by atoms with Crippen molar-refractivity contribution < 1.29 is 19.7 Å². The van der Waals surface area contributed by atoms with Crippen molar-refractivity contribution in [3.05, 3.63) is 88.9 Å². The molecule has 0 aliphatic carbocycles. The lowest BCUT2D eigenvalue weighted by Gasteiger charge is -2.31. The van der Waals surface area contributed by atoms with Crippen LogP contribution in [0.1, 0.15) is 24.0 Å². The molecule has 4 rings (SSSR count). The zero-order chi connectivity index (χ0) is 21.6. The SMILES string of the molecule is OCC1CC(O)CC(Oc2ccc(Cl)cc2Cc2cccc(Oc3ccccc3)c2)S1. The average Bonchev–Trinajstić information content (AvgIpc) is 2.76. The highest BCUT2D eigenvalue weighted by molar-refractivity contribution is 8.00. The maximum atomic E-state index is 10.1. The molecule has 3 atom stereocenters. The molecule has 3 unspecified atom stereocenters. The molecule has 6 heteroatoms. The summed E-state index contributed by atoms with van der Waals surface area (Å²) in [5.74, 6) is 2.30. The number of halogens is 1. The van der Waals surface area contributed by atoms with Crippen LogP contribution < -0.4 is 9.47 Å². The standard InChI is InChI=1S/C25H25ClO4S/c26-19-9-10-24(30-25-15-20(28)14-23(16-27)31-25)18(13-19)11-17-5-4-8-22(12-17)29-21-6-2-1-3-7-21/h1-10,12-13,20,23,25,27-28H,11,14-16H2. The van der Waals surface area contributed by atoms with Gasteiger partial charge in [0.05, 0.1) is 12.7 Å². The Labute approximate surface area is 191 Å². The molecule has 3 aromatic carbocycles. The number of para-hydroxylation sites is 1. The fourth-order valence-corrected chi connectivity index (χ4v) is 5.18. The van der Waals surface area contributed by atoms with E-state index in [1.807, 2.05) is 72.8 Å². The molecule has 1 heterocycles. The minimum atomic E-state index is -0.467. The molecule has 31 heavy (non-hydrogen) atoms. The van der Waals surface area contributed by atoms with E-state index >= 15 is 0 Å².